The second-order valence-electron chi connectivity index (χ2n) is 5.72. The molecule has 0 atom stereocenters. The number of rotatable bonds is 8. The third kappa shape index (κ3) is 4.97. The average molecular weight is 373 g/mol. The Kier molecular flexibility index (Phi) is 6.21. The molecule has 0 aliphatic heterocycles. The minimum absolute atomic E-state index is 0.176. The van der Waals surface area contributed by atoms with Crippen molar-refractivity contribution in [2.45, 2.75) is 30.7 Å². The number of hydrogen-bond donors (Lipinski definition) is 2. The number of nitrogens with zero attached hydrogens (tertiary/aromatic N) is 2. The standard InChI is InChI=1S/C14H19N3O7S/c1-14(2,13(19)20)16(3)12(18)8-9-15-25(23,24)11-6-4-10(5-7-11)17(21)22/h4-7,15H,8-9H2,1-3H3,(H,19,20). The smallest absolute Gasteiger partial charge is 0.329 e. The predicted octanol–water partition coefficient (Wildman–Crippen LogP) is 0.585. The van der Waals surface area contributed by atoms with Crippen LogP contribution in [0.25, 0.3) is 0 Å². The van der Waals surface area contributed by atoms with E-state index in [4.69, 9.17) is 5.11 Å². The van der Waals surface area contributed by atoms with Crippen molar-refractivity contribution in [1.29, 1.82) is 0 Å². The molecule has 0 saturated carbocycles. The van der Waals surface area contributed by atoms with Gasteiger partial charge in [-0.3, -0.25) is 14.9 Å². The largest absolute Gasteiger partial charge is 0.480 e. The average Bonchev–Trinajstić information content (AvgIpc) is 2.53. The Balaban J connectivity index is 2.69. The van der Waals surface area contributed by atoms with Crippen molar-refractivity contribution in [3.8, 4) is 0 Å². The van der Waals surface area contributed by atoms with Crippen LogP contribution >= 0.6 is 0 Å². The molecule has 0 fully saturated rings. The molecule has 138 valence electrons. The van der Waals surface area contributed by atoms with Gasteiger partial charge in [-0.15, -0.1) is 0 Å². The molecule has 0 heterocycles. The third-order valence-electron chi connectivity index (χ3n) is 3.72. The highest BCUT2D eigenvalue weighted by molar-refractivity contribution is 7.89. The predicted molar refractivity (Wildman–Crippen MR) is 87.4 cm³/mol. The van der Waals surface area contributed by atoms with E-state index in [2.05, 4.69) is 4.72 Å². The van der Waals surface area contributed by atoms with E-state index >= 15 is 0 Å². The maximum Gasteiger partial charge on any atom is 0.329 e. The van der Waals surface area contributed by atoms with Crippen LogP contribution in [-0.4, -0.2) is 54.4 Å². The maximum absolute atomic E-state index is 12.1. The van der Waals surface area contributed by atoms with Crippen molar-refractivity contribution >= 4 is 27.6 Å². The molecule has 0 spiro atoms. The summed E-state index contributed by atoms with van der Waals surface area (Å²) in [4.78, 5) is 33.9. The Morgan fingerprint density at radius 1 is 1.28 bits per heavy atom. The lowest BCUT2D eigenvalue weighted by Crippen LogP contribution is -2.51. The number of benzene rings is 1. The van der Waals surface area contributed by atoms with Gasteiger partial charge in [-0.1, -0.05) is 0 Å². The normalized spacial score (nSPS) is 11.8. The van der Waals surface area contributed by atoms with Gasteiger partial charge in [0.05, 0.1) is 9.82 Å². The SMILES string of the molecule is CN(C(=O)CCNS(=O)(=O)c1ccc([N+](=O)[O-])cc1)C(C)(C)C(=O)O. The fourth-order valence-corrected chi connectivity index (χ4v) is 2.78. The summed E-state index contributed by atoms with van der Waals surface area (Å²) in [5.74, 6) is -1.73. The Hall–Kier alpha value is -2.53. The van der Waals surface area contributed by atoms with Crippen LogP contribution < -0.4 is 4.72 Å². The number of amides is 1. The molecular weight excluding hydrogens is 354 g/mol. The molecule has 0 aliphatic rings. The van der Waals surface area contributed by atoms with E-state index in [9.17, 15) is 28.1 Å². The molecule has 0 radical (unpaired) electrons. The van der Waals surface area contributed by atoms with Crippen LogP contribution in [0, 0.1) is 10.1 Å². The van der Waals surface area contributed by atoms with Gasteiger partial charge < -0.3 is 10.0 Å². The Morgan fingerprint density at radius 2 is 1.80 bits per heavy atom. The summed E-state index contributed by atoms with van der Waals surface area (Å²) in [7, 11) is -2.61. The number of nitrogens with one attached hydrogen (secondary N) is 1. The monoisotopic (exact) mass is 373 g/mol. The number of carboxylic acids is 1. The second kappa shape index (κ2) is 7.57. The molecule has 1 aromatic rings. The number of hydrogen-bond acceptors (Lipinski definition) is 6. The highest BCUT2D eigenvalue weighted by atomic mass is 32.2. The number of non-ortho nitro benzene ring substituents is 1. The second-order valence-corrected chi connectivity index (χ2v) is 7.48. The topological polar surface area (TPSA) is 147 Å². The van der Waals surface area contributed by atoms with Gasteiger partial charge >= 0.3 is 5.97 Å². The van der Waals surface area contributed by atoms with Gasteiger partial charge in [0.15, 0.2) is 0 Å². The fraction of sp³-hybridized carbons (Fsp3) is 0.429. The van der Waals surface area contributed by atoms with Gasteiger partial charge in [-0.05, 0) is 26.0 Å². The molecule has 0 aromatic heterocycles. The van der Waals surface area contributed by atoms with E-state index < -0.39 is 32.4 Å². The fourth-order valence-electron chi connectivity index (χ4n) is 1.75. The molecule has 1 rings (SSSR count). The molecule has 11 heteroatoms. The first-order valence-corrected chi connectivity index (χ1v) is 8.62. The van der Waals surface area contributed by atoms with Crippen LogP contribution in [0.4, 0.5) is 5.69 Å². The van der Waals surface area contributed by atoms with Crippen molar-refractivity contribution in [2.75, 3.05) is 13.6 Å². The minimum Gasteiger partial charge on any atom is -0.480 e. The summed E-state index contributed by atoms with van der Waals surface area (Å²) in [6.07, 6.45) is -0.237. The Morgan fingerprint density at radius 3 is 2.24 bits per heavy atom. The van der Waals surface area contributed by atoms with E-state index in [1.165, 1.54) is 20.9 Å². The lowest BCUT2D eigenvalue weighted by Gasteiger charge is -2.31. The molecule has 1 amide bonds. The lowest BCUT2D eigenvalue weighted by molar-refractivity contribution is -0.384. The summed E-state index contributed by atoms with van der Waals surface area (Å²) in [5, 5.41) is 19.6. The number of nitro benzene ring substituents is 1. The molecule has 0 aliphatic carbocycles. The lowest BCUT2D eigenvalue weighted by atomic mass is 10.0. The van der Waals surface area contributed by atoms with Gasteiger partial charge in [-0.25, -0.2) is 17.9 Å². The molecule has 0 saturated heterocycles. The van der Waals surface area contributed by atoms with Crippen LogP contribution in [-0.2, 0) is 19.6 Å². The van der Waals surface area contributed by atoms with Gasteiger partial charge in [0.2, 0.25) is 15.9 Å². The van der Waals surface area contributed by atoms with E-state index in [0.717, 1.165) is 29.2 Å². The van der Waals surface area contributed by atoms with Gasteiger partial charge in [0.25, 0.3) is 5.69 Å². The highest BCUT2D eigenvalue weighted by Gasteiger charge is 2.34. The maximum atomic E-state index is 12.1. The van der Waals surface area contributed by atoms with E-state index in [0.29, 0.717) is 0 Å². The highest BCUT2D eigenvalue weighted by Crippen LogP contribution is 2.16. The zero-order chi connectivity index (χ0) is 19.4. The van der Waals surface area contributed by atoms with Crippen LogP contribution in [0.3, 0.4) is 0 Å². The van der Waals surface area contributed by atoms with E-state index in [-0.39, 0.29) is 23.5 Å². The number of carbonyl (C=O) groups is 2. The molecule has 1 aromatic carbocycles. The number of carboxylic acid groups (broad SMARTS) is 1. The first-order valence-electron chi connectivity index (χ1n) is 7.14. The first kappa shape index (κ1) is 20.5. The first-order chi connectivity index (χ1) is 11.4. The van der Waals surface area contributed by atoms with Crippen LogP contribution in [0.5, 0.6) is 0 Å². The quantitative estimate of drug-likeness (QED) is 0.500. The van der Waals surface area contributed by atoms with Gasteiger partial charge in [0.1, 0.15) is 5.54 Å². The summed E-state index contributed by atoms with van der Waals surface area (Å²) >= 11 is 0. The third-order valence-corrected chi connectivity index (χ3v) is 5.20. The number of sulfonamides is 1. The zero-order valence-electron chi connectivity index (χ0n) is 13.9. The molecule has 0 bridgehead atoms. The van der Waals surface area contributed by atoms with Crippen LogP contribution in [0.2, 0.25) is 0 Å². The summed E-state index contributed by atoms with van der Waals surface area (Å²) in [6, 6.07) is 4.29. The van der Waals surface area contributed by atoms with E-state index in [1.54, 1.807) is 0 Å². The number of aliphatic carboxylic acids is 1. The molecule has 10 nitrogen and oxygen atoms in total. The van der Waals surface area contributed by atoms with Crippen molar-refractivity contribution in [3.63, 3.8) is 0 Å². The van der Waals surface area contributed by atoms with Crippen molar-refractivity contribution in [1.82, 2.24) is 9.62 Å². The minimum atomic E-state index is -3.94. The number of nitro groups is 1. The van der Waals surface area contributed by atoms with Crippen molar-refractivity contribution < 1.29 is 28.0 Å². The molecule has 25 heavy (non-hydrogen) atoms. The summed E-state index contributed by atoms with van der Waals surface area (Å²) in [6.45, 7) is 2.47. The molecule has 2 N–H and O–H groups in total. The van der Waals surface area contributed by atoms with Crippen molar-refractivity contribution in [2.24, 2.45) is 0 Å². The van der Waals surface area contributed by atoms with Crippen molar-refractivity contribution in [3.05, 3.63) is 34.4 Å². The van der Waals surface area contributed by atoms with E-state index in [1.807, 2.05) is 0 Å². The Labute approximate surface area is 144 Å². The summed E-state index contributed by atoms with van der Waals surface area (Å²) < 4.78 is 26.3. The summed E-state index contributed by atoms with van der Waals surface area (Å²) in [5.41, 5.74) is -1.67. The Bertz CT molecular complexity index is 772. The van der Waals surface area contributed by atoms with Crippen LogP contribution in [0.1, 0.15) is 20.3 Å². The van der Waals surface area contributed by atoms with Gasteiger partial charge in [-0.2, -0.15) is 0 Å². The number of carbonyl (C=O) groups excluding carboxylic acids is 1. The molecular formula is C14H19N3O7S. The van der Waals surface area contributed by atoms with Gasteiger partial charge in [0, 0.05) is 32.1 Å². The molecule has 0 unspecified atom stereocenters. The van der Waals surface area contributed by atoms with Crippen LogP contribution in [0.15, 0.2) is 29.2 Å². The zero-order valence-corrected chi connectivity index (χ0v) is 14.7. The number of likely N-dealkylation sites (N-methyl/N-ethyl adjacent to an activating group) is 1.